The first kappa shape index (κ1) is 14.6. The Balaban J connectivity index is 1.78. The first-order chi connectivity index (χ1) is 10.6. The van der Waals surface area contributed by atoms with Gasteiger partial charge < -0.3 is 19.9 Å². The van der Waals surface area contributed by atoms with Gasteiger partial charge in [0.1, 0.15) is 11.5 Å². The summed E-state index contributed by atoms with van der Waals surface area (Å²) < 4.78 is 10.9. The van der Waals surface area contributed by atoms with Crippen LogP contribution in [0.2, 0.25) is 0 Å². The topological polar surface area (TPSA) is 88.1 Å². The standard InChI is InChI=1S/C15H18N2O5/c1-21-13-3-2-10-12(18)8-22-14(10)11(13)7-17-5-4-9(6-17)16-15(19)20/h2-3,9,16H,4-8H2,1H3,(H,19,20). The number of amides is 1. The smallest absolute Gasteiger partial charge is 0.404 e. The molecule has 2 aliphatic heterocycles. The number of benzene rings is 1. The van der Waals surface area contributed by atoms with Gasteiger partial charge >= 0.3 is 6.09 Å². The molecule has 1 aromatic rings. The van der Waals surface area contributed by atoms with Crippen molar-refractivity contribution >= 4 is 11.9 Å². The second kappa shape index (κ2) is 5.84. The Morgan fingerprint density at radius 1 is 1.55 bits per heavy atom. The van der Waals surface area contributed by atoms with Crippen LogP contribution in [0.15, 0.2) is 12.1 Å². The predicted octanol–water partition coefficient (Wildman–Crippen LogP) is 1.11. The third-order valence-corrected chi connectivity index (χ3v) is 4.07. The van der Waals surface area contributed by atoms with Gasteiger partial charge in [-0.05, 0) is 18.6 Å². The molecule has 2 heterocycles. The Bertz CT molecular complexity index is 616. The summed E-state index contributed by atoms with van der Waals surface area (Å²) in [5.74, 6) is 1.26. The van der Waals surface area contributed by atoms with Crippen molar-refractivity contribution in [2.45, 2.75) is 19.0 Å². The Morgan fingerprint density at radius 3 is 3.09 bits per heavy atom. The monoisotopic (exact) mass is 306 g/mol. The van der Waals surface area contributed by atoms with Gasteiger partial charge in [-0.2, -0.15) is 0 Å². The molecule has 0 bridgehead atoms. The highest BCUT2D eigenvalue weighted by molar-refractivity contribution is 6.03. The quantitative estimate of drug-likeness (QED) is 0.866. The minimum Gasteiger partial charge on any atom is -0.496 e. The van der Waals surface area contributed by atoms with E-state index < -0.39 is 6.09 Å². The minimum atomic E-state index is -1.00. The molecule has 0 aromatic heterocycles. The van der Waals surface area contributed by atoms with E-state index in [-0.39, 0.29) is 18.4 Å². The number of carbonyl (C=O) groups excluding carboxylic acids is 1. The summed E-state index contributed by atoms with van der Waals surface area (Å²) in [4.78, 5) is 24.6. The number of ether oxygens (including phenoxy) is 2. The number of rotatable bonds is 4. The molecular weight excluding hydrogens is 288 g/mol. The van der Waals surface area contributed by atoms with Crippen LogP contribution in [0.4, 0.5) is 4.79 Å². The molecule has 2 N–H and O–H groups in total. The SMILES string of the molecule is COc1ccc2c(c1CN1CCC(NC(=O)O)C1)OCC2=O. The molecule has 7 nitrogen and oxygen atoms in total. The highest BCUT2D eigenvalue weighted by Crippen LogP contribution is 2.37. The van der Waals surface area contributed by atoms with E-state index in [0.717, 1.165) is 18.5 Å². The summed E-state index contributed by atoms with van der Waals surface area (Å²) >= 11 is 0. The summed E-state index contributed by atoms with van der Waals surface area (Å²) in [6.45, 7) is 2.05. The van der Waals surface area contributed by atoms with E-state index in [9.17, 15) is 9.59 Å². The van der Waals surface area contributed by atoms with Crippen LogP contribution in [0.5, 0.6) is 11.5 Å². The molecule has 1 amide bonds. The molecule has 0 aliphatic carbocycles. The fraction of sp³-hybridized carbons (Fsp3) is 0.467. The average molecular weight is 306 g/mol. The molecule has 3 rings (SSSR count). The molecule has 0 spiro atoms. The fourth-order valence-electron chi connectivity index (χ4n) is 3.04. The maximum atomic E-state index is 11.8. The normalized spacial score (nSPS) is 20.6. The molecule has 1 unspecified atom stereocenters. The Labute approximate surface area is 127 Å². The van der Waals surface area contributed by atoms with Gasteiger partial charge in [-0.15, -0.1) is 0 Å². The number of ketones is 1. The molecule has 7 heteroatoms. The van der Waals surface area contributed by atoms with E-state index in [1.807, 2.05) is 0 Å². The number of methoxy groups -OCH3 is 1. The number of carbonyl (C=O) groups is 2. The van der Waals surface area contributed by atoms with Crippen LogP contribution in [-0.2, 0) is 6.54 Å². The maximum Gasteiger partial charge on any atom is 0.404 e. The van der Waals surface area contributed by atoms with Crippen molar-refractivity contribution in [3.63, 3.8) is 0 Å². The van der Waals surface area contributed by atoms with Gasteiger partial charge in [-0.25, -0.2) is 4.79 Å². The van der Waals surface area contributed by atoms with E-state index in [0.29, 0.717) is 30.2 Å². The van der Waals surface area contributed by atoms with Crippen LogP contribution in [-0.4, -0.2) is 54.7 Å². The third kappa shape index (κ3) is 2.71. The molecule has 1 atom stereocenters. The van der Waals surface area contributed by atoms with Crippen molar-refractivity contribution in [3.05, 3.63) is 23.3 Å². The lowest BCUT2D eigenvalue weighted by atomic mass is 10.1. The number of nitrogens with one attached hydrogen (secondary N) is 1. The molecule has 0 radical (unpaired) electrons. The summed E-state index contributed by atoms with van der Waals surface area (Å²) in [5, 5.41) is 11.3. The fourth-order valence-corrected chi connectivity index (χ4v) is 3.04. The molecule has 118 valence electrons. The van der Waals surface area contributed by atoms with Crippen molar-refractivity contribution in [2.75, 3.05) is 26.8 Å². The third-order valence-electron chi connectivity index (χ3n) is 4.07. The summed E-state index contributed by atoms with van der Waals surface area (Å²) in [6, 6.07) is 3.44. The average Bonchev–Trinajstić information content (AvgIpc) is 3.06. The van der Waals surface area contributed by atoms with Gasteiger partial charge in [0.15, 0.2) is 6.61 Å². The van der Waals surface area contributed by atoms with E-state index >= 15 is 0 Å². The van der Waals surface area contributed by atoms with Crippen LogP contribution in [0.25, 0.3) is 0 Å². The molecule has 2 aliphatic rings. The molecule has 1 aromatic carbocycles. The number of likely N-dealkylation sites (tertiary alicyclic amines) is 1. The van der Waals surface area contributed by atoms with Gasteiger partial charge in [0.2, 0.25) is 5.78 Å². The van der Waals surface area contributed by atoms with Gasteiger partial charge in [0.25, 0.3) is 0 Å². The van der Waals surface area contributed by atoms with Crippen molar-refractivity contribution in [1.29, 1.82) is 0 Å². The minimum absolute atomic E-state index is 0.0225. The molecular formula is C15H18N2O5. The Kier molecular flexibility index (Phi) is 3.89. The van der Waals surface area contributed by atoms with Crippen molar-refractivity contribution in [2.24, 2.45) is 0 Å². The van der Waals surface area contributed by atoms with Crippen LogP contribution in [0.1, 0.15) is 22.3 Å². The lowest BCUT2D eigenvalue weighted by Crippen LogP contribution is -2.35. The van der Waals surface area contributed by atoms with Crippen LogP contribution >= 0.6 is 0 Å². The molecule has 1 saturated heterocycles. The van der Waals surface area contributed by atoms with Crippen molar-refractivity contribution < 1.29 is 24.2 Å². The number of Topliss-reactive ketones (excluding diaryl/α,β-unsaturated/α-hetero) is 1. The summed E-state index contributed by atoms with van der Waals surface area (Å²) in [6.07, 6.45) is -0.234. The van der Waals surface area contributed by atoms with E-state index in [2.05, 4.69) is 10.2 Å². The van der Waals surface area contributed by atoms with Gasteiger partial charge in [0, 0.05) is 25.7 Å². The van der Waals surface area contributed by atoms with Crippen LogP contribution in [0, 0.1) is 0 Å². The molecule has 22 heavy (non-hydrogen) atoms. The Hall–Kier alpha value is -2.28. The van der Waals surface area contributed by atoms with E-state index in [4.69, 9.17) is 14.6 Å². The number of carboxylic acid groups (broad SMARTS) is 1. The number of hydrogen-bond donors (Lipinski definition) is 2. The number of fused-ring (bicyclic) bond motifs is 1. The first-order valence-corrected chi connectivity index (χ1v) is 7.16. The Morgan fingerprint density at radius 2 is 2.36 bits per heavy atom. The zero-order valence-electron chi connectivity index (χ0n) is 12.3. The van der Waals surface area contributed by atoms with Crippen molar-refractivity contribution in [1.82, 2.24) is 10.2 Å². The second-order valence-electron chi connectivity index (χ2n) is 5.51. The zero-order valence-corrected chi connectivity index (χ0v) is 12.3. The van der Waals surface area contributed by atoms with E-state index in [1.165, 1.54) is 0 Å². The highest BCUT2D eigenvalue weighted by atomic mass is 16.5. The lowest BCUT2D eigenvalue weighted by Gasteiger charge is -2.19. The molecule has 1 fully saturated rings. The predicted molar refractivity (Wildman–Crippen MR) is 77.7 cm³/mol. The lowest BCUT2D eigenvalue weighted by molar-refractivity contribution is 0.0960. The largest absolute Gasteiger partial charge is 0.496 e. The van der Waals surface area contributed by atoms with Gasteiger partial charge in [-0.3, -0.25) is 9.69 Å². The summed E-state index contributed by atoms with van der Waals surface area (Å²) in [5.41, 5.74) is 1.44. The maximum absolute atomic E-state index is 11.8. The second-order valence-corrected chi connectivity index (χ2v) is 5.51. The summed E-state index contributed by atoms with van der Waals surface area (Å²) in [7, 11) is 1.58. The molecule has 0 saturated carbocycles. The van der Waals surface area contributed by atoms with Crippen molar-refractivity contribution in [3.8, 4) is 11.5 Å². The van der Waals surface area contributed by atoms with Gasteiger partial charge in [-0.1, -0.05) is 0 Å². The zero-order chi connectivity index (χ0) is 15.7. The number of nitrogens with zero attached hydrogens (tertiary/aromatic N) is 1. The first-order valence-electron chi connectivity index (χ1n) is 7.16. The number of hydrogen-bond acceptors (Lipinski definition) is 5. The highest BCUT2D eigenvalue weighted by Gasteiger charge is 2.30. The van der Waals surface area contributed by atoms with E-state index in [1.54, 1.807) is 19.2 Å². The van der Waals surface area contributed by atoms with Crippen LogP contribution < -0.4 is 14.8 Å². The van der Waals surface area contributed by atoms with Gasteiger partial charge in [0.05, 0.1) is 18.2 Å². The van der Waals surface area contributed by atoms with Crippen LogP contribution in [0.3, 0.4) is 0 Å².